The Bertz CT molecular complexity index is 931. The van der Waals surface area contributed by atoms with Crippen molar-refractivity contribution >= 4 is 21.8 Å². The van der Waals surface area contributed by atoms with Crippen LogP contribution in [0.5, 0.6) is 5.75 Å². The van der Waals surface area contributed by atoms with Gasteiger partial charge in [-0.15, -0.1) is 0 Å². The van der Waals surface area contributed by atoms with E-state index in [1.807, 2.05) is 50.2 Å². The van der Waals surface area contributed by atoms with E-state index in [0.717, 1.165) is 33.5 Å². The van der Waals surface area contributed by atoms with Crippen molar-refractivity contribution in [3.8, 4) is 5.75 Å². The minimum atomic E-state index is -0.127. The van der Waals surface area contributed by atoms with Crippen LogP contribution < -0.4 is 10.1 Å². The third-order valence-corrected chi connectivity index (χ3v) is 5.18. The number of aromatic nitrogens is 1. The molecule has 1 N–H and O–H groups in total. The fourth-order valence-electron chi connectivity index (χ4n) is 2.95. The van der Waals surface area contributed by atoms with E-state index < -0.39 is 0 Å². The first-order valence-electron chi connectivity index (χ1n) is 9.19. The molecule has 146 valence electrons. The summed E-state index contributed by atoms with van der Waals surface area (Å²) < 4.78 is 12.0. The van der Waals surface area contributed by atoms with Gasteiger partial charge in [0.25, 0.3) is 5.91 Å². The van der Waals surface area contributed by atoms with E-state index in [0.29, 0.717) is 17.9 Å². The van der Waals surface area contributed by atoms with Crippen molar-refractivity contribution < 1.29 is 14.1 Å². The molecule has 0 aliphatic carbocycles. The number of hydrogen-bond acceptors (Lipinski definition) is 4. The molecule has 5 nitrogen and oxygen atoms in total. The quantitative estimate of drug-likeness (QED) is 0.523. The topological polar surface area (TPSA) is 64.4 Å². The van der Waals surface area contributed by atoms with Crippen molar-refractivity contribution in [3.63, 3.8) is 0 Å². The Kier molecular flexibility index (Phi) is 6.52. The molecule has 0 saturated heterocycles. The van der Waals surface area contributed by atoms with Crippen molar-refractivity contribution in [3.05, 3.63) is 81.1 Å². The summed E-state index contributed by atoms with van der Waals surface area (Å²) in [6.45, 7) is 6.14. The molecule has 3 aromatic rings. The molecule has 0 radical (unpaired) electrons. The number of hydrogen-bond donors (Lipinski definition) is 1. The fraction of sp³-hybridized carbons (Fsp3) is 0.273. The second-order valence-electron chi connectivity index (χ2n) is 6.61. The first kappa shape index (κ1) is 20.1. The molecule has 0 aliphatic heterocycles. The van der Waals surface area contributed by atoms with Gasteiger partial charge in [0.05, 0.1) is 17.3 Å². The molecule has 1 atom stereocenters. The SMILES string of the molecule is CCC(NC(=O)c1cccc(OCc2c(C)noc2C)c1)c1ccc(Br)cc1. The molecule has 28 heavy (non-hydrogen) atoms. The zero-order valence-corrected chi connectivity index (χ0v) is 17.7. The summed E-state index contributed by atoms with van der Waals surface area (Å²) in [6, 6.07) is 15.1. The largest absolute Gasteiger partial charge is 0.489 e. The number of amides is 1. The second-order valence-corrected chi connectivity index (χ2v) is 7.52. The molecule has 2 aromatic carbocycles. The van der Waals surface area contributed by atoms with Gasteiger partial charge >= 0.3 is 0 Å². The maximum absolute atomic E-state index is 12.7. The van der Waals surface area contributed by atoms with Crippen LogP contribution in [0.25, 0.3) is 0 Å². The standard InChI is InChI=1S/C22H23BrN2O3/c1-4-21(16-8-10-18(23)11-9-16)24-22(26)17-6-5-7-19(12-17)27-13-20-14(2)25-28-15(20)3/h5-12,21H,4,13H2,1-3H3,(H,24,26). The minimum absolute atomic E-state index is 0.0486. The van der Waals surface area contributed by atoms with Crippen LogP contribution in [0.15, 0.2) is 57.5 Å². The lowest BCUT2D eigenvalue weighted by Gasteiger charge is -2.18. The van der Waals surface area contributed by atoms with Gasteiger partial charge in [-0.25, -0.2) is 0 Å². The van der Waals surface area contributed by atoms with Gasteiger partial charge in [0.2, 0.25) is 0 Å². The number of rotatable bonds is 7. The number of ether oxygens (including phenoxy) is 1. The van der Waals surface area contributed by atoms with Crippen LogP contribution >= 0.6 is 15.9 Å². The molecule has 0 saturated carbocycles. The smallest absolute Gasteiger partial charge is 0.251 e. The van der Waals surface area contributed by atoms with Gasteiger partial charge in [-0.2, -0.15) is 0 Å². The van der Waals surface area contributed by atoms with Crippen molar-refractivity contribution in [2.24, 2.45) is 0 Å². The Balaban J connectivity index is 1.68. The number of aryl methyl sites for hydroxylation is 2. The first-order chi connectivity index (χ1) is 13.5. The van der Waals surface area contributed by atoms with Gasteiger partial charge in [-0.05, 0) is 56.2 Å². The summed E-state index contributed by atoms with van der Waals surface area (Å²) in [5, 5.41) is 7.03. The summed E-state index contributed by atoms with van der Waals surface area (Å²) in [4.78, 5) is 12.7. The predicted molar refractivity (Wildman–Crippen MR) is 111 cm³/mol. The maximum atomic E-state index is 12.7. The molecular formula is C22H23BrN2O3. The van der Waals surface area contributed by atoms with Crippen LogP contribution in [0.4, 0.5) is 0 Å². The van der Waals surface area contributed by atoms with Gasteiger partial charge in [-0.3, -0.25) is 4.79 Å². The molecule has 0 fully saturated rings. The van der Waals surface area contributed by atoms with E-state index in [9.17, 15) is 4.79 Å². The lowest BCUT2D eigenvalue weighted by atomic mass is 10.0. The van der Waals surface area contributed by atoms with Gasteiger partial charge in [-0.1, -0.05) is 46.2 Å². The number of carbonyl (C=O) groups is 1. The van der Waals surface area contributed by atoms with E-state index in [1.54, 1.807) is 12.1 Å². The number of benzene rings is 2. The van der Waals surface area contributed by atoms with Crippen molar-refractivity contribution in [1.82, 2.24) is 10.5 Å². The second kappa shape index (κ2) is 9.06. The molecule has 6 heteroatoms. The highest BCUT2D eigenvalue weighted by Gasteiger charge is 2.15. The average Bonchev–Trinajstić information content (AvgIpc) is 3.03. The number of carbonyl (C=O) groups excluding carboxylic acids is 1. The third kappa shape index (κ3) is 4.81. The lowest BCUT2D eigenvalue weighted by Crippen LogP contribution is -2.28. The average molecular weight is 443 g/mol. The van der Waals surface area contributed by atoms with E-state index in [2.05, 4.69) is 33.3 Å². The highest BCUT2D eigenvalue weighted by Crippen LogP contribution is 2.22. The molecule has 0 bridgehead atoms. The van der Waals surface area contributed by atoms with Crippen molar-refractivity contribution in [1.29, 1.82) is 0 Å². The molecular weight excluding hydrogens is 420 g/mol. The Morgan fingerprint density at radius 3 is 2.61 bits per heavy atom. The summed E-state index contributed by atoms with van der Waals surface area (Å²) in [6.07, 6.45) is 0.801. The predicted octanol–water partition coefficient (Wildman–Crippen LogP) is 5.51. The number of halogens is 1. The van der Waals surface area contributed by atoms with Crippen LogP contribution in [0, 0.1) is 13.8 Å². The van der Waals surface area contributed by atoms with Crippen LogP contribution in [0.3, 0.4) is 0 Å². The Morgan fingerprint density at radius 1 is 1.21 bits per heavy atom. The monoisotopic (exact) mass is 442 g/mol. The Hall–Kier alpha value is -2.60. The van der Waals surface area contributed by atoms with Crippen LogP contribution in [-0.2, 0) is 6.61 Å². The van der Waals surface area contributed by atoms with Gasteiger partial charge in [0, 0.05) is 10.0 Å². The normalized spacial score (nSPS) is 11.9. The van der Waals surface area contributed by atoms with Gasteiger partial charge < -0.3 is 14.6 Å². The molecule has 1 aromatic heterocycles. The summed E-state index contributed by atoms with van der Waals surface area (Å²) >= 11 is 3.44. The van der Waals surface area contributed by atoms with E-state index >= 15 is 0 Å². The summed E-state index contributed by atoms with van der Waals surface area (Å²) in [5.41, 5.74) is 3.37. The molecule has 3 rings (SSSR count). The third-order valence-electron chi connectivity index (χ3n) is 4.65. The summed E-state index contributed by atoms with van der Waals surface area (Å²) in [7, 11) is 0. The van der Waals surface area contributed by atoms with Crippen LogP contribution in [0.2, 0.25) is 0 Å². The summed E-state index contributed by atoms with van der Waals surface area (Å²) in [5.74, 6) is 1.24. The molecule has 1 heterocycles. The molecule has 0 spiro atoms. The molecule has 1 unspecified atom stereocenters. The van der Waals surface area contributed by atoms with Gasteiger partial charge in [0.15, 0.2) is 0 Å². The van der Waals surface area contributed by atoms with Crippen molar-refractivity contribution in [2.45, 2.75) is 39.8 Å². The van der Waals surface area contributed by atoms with E-state index in [1.165, 1.54) is 0 Å². The Labute approximate surface area is 173 Å². The minimum Gasteiger partial charge on any atom is -0.489 e. The number of nitrogens with zero attached hydrogens (tertiary/aromatic N) is 1. The van der Waals surface area contributed by atoms with Gasteiger partial charge in [0.1, 0.15) is 18.1 Å². The zero-order chi connectivity index (χ0) is 20.1. The first-order valence-corrected chi connectivity index (χ1v) is 9.98. The fourth-order valence-corrected chi connectivity index (χ4v) is 3.21. The highest BCUT2D eigenvalue weighted by molar-refractivity contribution is 9.10. The zero-order valence-electron chi connectivity index (χ0n) is 16.2. The van der Waals surface area contributed by atoms with Crippen LogP contribution in [0.1, 0.15) is 52.3 Å². The molecule has 0 aliphatic rings. The molecule has 1 amide bonds. The van der Waals surface area contributed by atoms with Crippen molar-refractivity contribution in [2.75, 3.05) is 0 Å². The number of nitrogens with one attached hydrogen (secondary N) is 1. The Morgan fingerprint density at radius 2 is 1.96 bits per heavy atom. The lowest BCUT2D eigenvalue weighted by molar-refractivity contribution is 0.0935. The van der Waals surface area contributed by atoms with Crippen LogP contribution in [-0.4, -0.2) is 11.1 Å². The van der Waals surface area contributed by atoms with E-state index in [-0.39, 0.29) is 11.9 Å². The van der Waals surface area contributed by atoms with E-state index in [4.69, 9.17) is 9.26 Å². The highest BCUT2D eigenvalue weighted by atomic mass is 79.9. The maximum Gasteiger partial charge on any atom is 0.251 e.